The predicted octanol–water partition coefficient (Wildman–Crippen LogP) is 1.30. The average Bonchev–Trinajstić information content (AvgIpc) is 2.89. The summed E-state index contributed by atoms with van der Waals surface area (Å²) in [4.78, 5) is 15.4. The Hall–Kier alpha value is -2.21. The quantitative estimate of drug-likeness (QED) is 0.850. The Balaban J connectivity index is 1.97. The van der Waals surface area contributed by atoms with Crippen LogP contribution in [0.4, 0.5) is 5.69 Å². The molecule has 0 fully saturated rings. The Labute approximate surface area is 111 Å². The number of carbonyl (C=O) groups is 1. The third-order valence-electron chi connectivity index (χ3n) is 2.46. The van der Waals surface area contributed by atoms with E-state index in [-0.39, 0.29) is 12.5 Å². The standard InChI is InChI=1S/C13H16N4O2/c1-2-19-8-13(18)16-12-5-3-4-11(6-12)7-17-10-14-9-15-17/h3-6,9-10H,2,7-8H2,1H3,(H,16,18). The SMILES string of the molecule is CCOCC(=O)Nc1cccc(Cn2cncn2)c1. The fourth-order valence-corrected chi connectivity index (χ4v) is 1.64. The second-order valence-electron chi connectivity index (χ2n) is 3.98. The maximum absolute atomic E-state index is 11.5. The van der Waals surface area contributed by atoms with Crippen molar-refractivity contribution in [2.24, 2.45) is 0 Å². The lowest BCUT2D eigenvalue weighted by Crippen LogP contribution is -2.18. The third kappa shape index (κ3) is 4.18. The summed E-state index contributed by atoms with van der Waals surface area (Å²) in [5.74, 6) is -0.153. The van der Waals surface area contributed by atoms with E-state index in [0.717, 1.165) is 11.3 Å². The molecule has 0 atom stereocenters. The second-order valence-corrected chi connectivity index (χ2v) is 3.98. The first-order valence-electron chi connectivity index (χ1n) is 6.07. The first kappa shape index (κ1) is 13.2. The van der Waals surface area contributed by atoms with Gasteiger partial charge in [-0.3, -0.25) is 4.79 Å². The Kier molecular flexibility index (Phi) is 4.63. The van der Waals surface area contributed by atoms with E-state index in [1.807, 2.05) is 31.2 Å². The van der Waals surface area contributed by atoms with Gasteiger partial charge in [-0.25, -0.2) is 9.67 Å². The van der Waals surface area contributed by atoms with Gasteiger partial charge in [0.2, 0.25) is 5.91 Å². The number of nitrogens with zero attached hydrogens (tertiary/aromatic N) is 3. The third-order valence-corrected chi connectivity index (χ3v) is 2.46. The van der Waals surface area contributed by atoms with E-state index >= 15 is 0 Å². The van der Waals surface area contributed by atoms with E-state index in [9.17, 15) is 4.79 Å². The van der Waals surface area contributed by atoms with Crippen LogP contribution < -0.4 is 5.32 Å². The average molecular weight is 260 g/mol. The fourth-order valence-electron chi connectivity index (χ4n) is 1.64. The molecule has 2 aromatic rings. The van der Waals surface area contributed by atoms with Crippen LogP contribution in [0.3, 0.4) is 0 Å². The van der Waals surface area contributed by atoms with Gasteiger partial charge in [-0.15, -0.1) is 0 Å². The summed E-state index contributed by atoms with van der Waals surface area (Å²) >= 11 is 0. The lowest BCUT2D eigenvalue weighted by atomic mass is 10.2. The van der Waals surface area contributed by atoms with Gasteiger partial charge in [-0.1, -0.05) is 12.1 Å². The Morgan fingerprint density at radius 2 is 2.37 bits per heavy atom. The summed E-state index contributed by atoms with van der Waals surface area (Å²) in [6.07, 6.45) is 3.15. The van der Waals surface area contributed by atoms with Gasteiger partial charge in [-0.2, -0.15) is 5.10 Å². The molecule has 0 aliphatic carbocycles. The van der Waals surface area contributed by atoms with E-state index in [1.54, 1.807) is 11.0 Å². The Morgan fingerprint density at radius 1 is 1.47 bits per heavy atom. The van der Waals surface area contributed by atoms with Gasteiger partial charge >= 0.3 is 0 Å². The number of carbonyl (C=O) groups excluding carboxylic acids is 1. The summed E-state index contributed by atoms with van der Waals surface area (Å²) in [6, 6.07) is 7.61. The van der Waals surface area contributed by atoms with Gasteiger partial charge in [0.1, 0.15) is 19.3 Å². The molecular weight excluding hydrogens is 244 g/mol. The van der Waals surface area contributed by atoms with Crippen molar-refractivity contribution >= 4 is 11.6 Å². The number of rotatable bonds is 6. The first-order valence-corrected chi connectivity index (χ1v) is 6.07. The molecule has 1 aromatic carbocycles. The lowest BCUT2D eigenvalue weighted by Gasteiger charge is -2.07. The van der Waals surface area contributed by atoms with Gasteiger partial charge < -0.3 is 10.1 Å². The number of amides is 1. The van der Waals surface area contributed by atoms with Crippen molar-refractivity contribution in [1.29, 1.82) is 0 Å². The van der Waals surface area contributed by atoms with Crippen molar-refractivity contribution in [2.45, 2.75) is 13.5 Å². The molecule has 0 aliphatic rings. The number of ether oxygens (including phenoxy) is 1. The highest BCUT2D eigenvalue weighted by molar-refractivity contribution is 5.91. The molecule has 19 heavy (non-hydrogen) atoms. The first-order chi connectivity index (χ1) is 9.28. The highest BCUT2D eigenvalue weighted by Gasteiger charge is 2.03. The van der Waals surface area contributed by atoms with Crippen molar-refractivity contribution < 1.29 is 9.53 Å². The number of benzene rings is 1. The fraction of sp³-hybridized carbons (Fsp3) is 0.308. The van der Waals surface area contributed by atoms with E-state index < -0.39 is 0 Å². The molecule has 0 unspecified atom stereocenters. The zero-order valence-corrected chi connectivity index (χ0v) is 10.7. The minimum Gasteiger partial charge on any atom is -0.372 e. The molecule has 0 bridgehead atoms. The van der Waals surface area contributed by atoms with Crippen LogP contribution in [0.1, 0.15) is 12.5 Å². The summed E-state index contributed by atoms with van der Waals surface area (Å²) < 4.78 is 6.77. The number of anilines is 1. The molecule has 2 rings (SSSR count). The number of hydrogen-bond acceptors (Lipinski definition) is 4. The van der Waals surface area contributed by atoms with E-state index in [1.165, 1.54) is 6.33 Å². The van der Waals surface area contributed by atoms with Crippen LogP contribution >= 0.6 is 0 Å². The maximum atomic E-state index is 11.5. The highest BCUT2D eigenvalue weighted by Crippen LogP contribution is 2.11. The zero-order valence-electron chi connectivity index (χ0n) is 10.7. The molecule has 0 radical (unpaired) electrons. The van der Waals surface area contributed by atoms with Crippen molar-refractivity contribution in [1.82, 2.24) is 14.8 Å². The predicted molar refractivity (Wildman–Crippen MR) is 70.7 cm³/mol. The van der Waals surface area contributed by atoms with Crippen LogP contribution in [0.25, 0.3) is 0 Å². The molecule has 1 N–H and O–H groups in total. The number of nitrogens with one attached hydrogen (secondary N) is 1. The smallest absolute Gasteiger partial charge is 0.250 e. The van der Waals surface area contributed by atoms with Crippen molar-refractivity contribution in [3.8, 4) is 0 Å². The van der Waals surface area contributed by atoms with Crippen LogP contribution in [-0.4, -0.2) is 33.9 Å². The molecule has 0 spiro atoms. The molecule has 1 amide bonds. The van der Waals surface area contributed by atoms with Crippen LogP contribution in [0.2, 0.25) is 0 Å². The zero-order chi connectivity index (χ0) is 13.5. The topological polar surface area (TPSA) is 69.0 Å². The Morgan fingerprint density at radius 3 is 3.11 bits per heavy atom. The lowest BCUT2D eigenvalue weighted by molar-refractivity contribution is -0.120. The molecule has 0 saturated heterocycles. The largest absolute Gasteiger partial charge is 0.372 e. The van der Waals surface area contributed by atoms with E-state index in [4.69, 9.17) is 4.74 Å². The molecule has 6 heteroatoms. The molecule has 1 heterocycles. The van der Waals surface area contributed by atoms with Gasteiger partial charge in [-0.05, 0) is 24.6 Å². The summed E-state index contributed by atoms with van der Waals surface area (Å²) in [5.41, 5.74) is 1.79. The normalized spacial score (nSPS) is 10.4. The minimum absolute atomic E-state index is 0.0732. The van der Waals surface area contributed by atoms with Crippen LogP contribution in [0, 0.1) is 0 Å². The van der Waals surface area contributed by atoms with Gasteiger partial charge in [0.05, 0.1) is 6.54 Å². The van der Waals surface area contributed by atoms with Gasteiger partial charge in [0, 0.05) is 12.3 Å². The van der Waals surface area contributed by atoms with Crippen molar-refractivity contribution in [3.05, 3.63) is 42.5 Å². The summed E-state index contributed by atoms with van der Waals surface area (Å²) in [6.45, 7) is 3.07. The summed E-state index contributed by atoms with van der Waals surface area (Å²) in [7, 11) is 0. The summed E-state index contributed by atoms with van der Waals surface area (Å²) in [5, 5.41) is 6.83. The van der Waals surface area contributed by atoms with Crippen LogP contribution in [-0.2, 0) is 16.1 Å². The minimum atomic E-state index is -0.153. The van der Waals surface area contributed by atoms with Crippen molar-refractivity contribution in [3.63, 3.8) is 0 Å². The molecule has 1 aromatic heterocycles. The molecular formula is C13H16N4O2. The van der Waals surface area contributed by atoms with Crippen molar-refractivity contribution in [2.75, 3.05) is 18.5 Å². The van der Waals surface area contributed by atoms with Gasteiger partial charge in [0.25, 0.3) is 0 Å². The molecule has 100 valence electrons. The van der Waals surface area contributed by atoms with E-state index in [0.29, 0.717) is 13.2 Å². The second kappa shape index (κ2) is 6.65. The van der Waals surface area contributed by atoms with E-state index in [2.05, 4.69) is 15.4 Å². The van der Waals surface area contributed by atoms with Crippen LogP contribution in [0.5, 0.6) is 0 Å². The van der Waals surface area contributed by atoms with Gasteiger partial charge in [0.15, 0.2) is 0 Å². The maximum Gasteiger partial charge on any atom is 0.250 e. The number of aromatic nitrogens is 3. The number of hydrogen-bond donors (Lipinski definition) is 1. The molecule has 0 saturated carbocycles. The molecule has 6 nitrogen and oxygen atoms in total. The highest BCUT2D eigenvalue weighted by atomic mass is 16.5. The molecule has 0 aliphatic heterocycles. The van der Waals surface area contributed by atoms with Crippen LogP contribution in [0.15, 0.2) is 36.9 Å². The monoisotopic (exact) mass is 260 g/mol. The Bertz CT molecular complexity index is 525.